The van der Waals surface area contributed by atoms with Gasteiger partial charge in [-0.15, -0.1) is 0 Å². The predicted octanol–water partition coefficient (Wildman–Crippen LogP) is 3.22. The first-order valence-corrected chi connectivity index (χ1v) is 7.80. The molecule has 1 saturated heterocycles. The summed E-state index contributed by atoms with van der Waals surface area (Å²) in [5.41, 5.74) is 0.661. The van der Waals surface area contributed by atoms with E-state index in [1.807, 2.05) is 11.0 Å². The highest BCUT2D eigenvalue weighted by Crippen LogP contribution is 2.42. The van der Waals surface area contributed by atoms with E-state index >= 15 is 0 Å². The van der Waals surface area contributed by atoms with Crippen molar-refractivity contribution < 1.29 is 9.18 Å². The lowest BCUT2D eigenvalue weighted by atomic mass is 9.72. The van der Waals surface area contributed by atoms with Crippen LogP contribution in [0.2, 0.25) is 0 Å². The third-order valence-corrected chi connectivity index (χ3v) is 5.00. The van der Waals surface area contributed by atoms with Gasteiger partial charge < -0.3 is 4.90 Å². The zero-order valence-electron chi connectivity index (χ0n) is 12.7. The van der Waals surface area contributed by atoms with Crippen molar-refractivity contribution in [3.63, 3.8) is 0 Å². The van der Waals surface area contributed by atoms with E-state index in [9.17, 15) is 9.18 Å². The van der Waals surface area contributed by atoms with Crippen LogP contribution in [0.15, 0.2) is 24.3 Å². The molecule has 1 N–H and O–H groups in total. The van der Waals surface area contributed by atoms with Crippen molar-refractivity contribution in [2.75, 3.05) is 6.54 Å². The summed E-state index contributed by atoms with van der Waals surface area (Å²) in [5.74, 6) is -0.161. The Morgan fingerprint density at radius 1 is 1.29 bits per heavy atom. The smallest absolute Gasteiger partial charge is 0.238 e. The highest BCUT2D eigenvalue weighted by Gasteiger charge is 2.44. The van der Waals surface area contributed by atoms with Crippen LogP contribution in [0.1, 0.15) is 51.3 Å². The summed E-state index contributed by atoms with van der Waals surface area (Å²) in [4.78, 5) is 14.3. The minimum atomic E-state index is -0.332. The van der Waals surface area contributed by atoms with E-state index in [2.05, 4.69) is 19.2 Å². The van der Waals surface area contributed by atoms with Crippen LogP contribution in [-0.2, 0) is 4.79 Å². The van der Waals surface area contributed by atoms with Crippen LogP contribution < -0.4 is 5.32 Å². The third-order valence-electron chi connectivity index (χ3n) is 5.00. The van der Waals surface area contributed by atoms with Gasteiger partial charge in [-0.3, -0.25) is 10.1 Å². The summed E-state index contributed by atoms with van der Waals surface area (Å²) in [6.07, 6.45) is 4.14. The molecule has 1 saturated carbocycles. The fourth-order valence-electron chi connectivity index (χ4n) is 3.82. The van der Waals surface area contributed by atoms with E-state index in [4.69, 9.17) is 0 Å². The highest BCUT2D eigenvalue weighted by molar-refractivity contribution is 5.81. The molecule has 0 bridgehead atoms. The molecule has 3 nitrogen and oxygen atoms in total. The van der Waals surface area contributed by atoms with Gasteiger partial charge in [-0.1, -0.05) is 44.9 Å². The van der Waals surface area contributed by atoms with E-state index in [-0.39, 0.29) is 29.3 Å². The molecule has 0 aromatic heterocycles. The molecule has 4 heteroatoms. The number of benzene rings is 1. The number of hydrogen-bond acceptors (Lipinski definition) is 2. The zero-order valence-corrected chi connectivity index (χ0v) is 12.7. The van der Waals surface area contributed by atoms with Gasteiger partial charge in [0.25, 0.3) is 0 Å². The molecule has 21 heavy (non-hydrogen) atoms. The Labute approximate surface area is 125 Å². The second-order valence-electron chi connectivity index (χ2n) is 6.86. The van der Waals surface area contributed by atoms with Gasteiger partial charge in [0.15, 0.2) is 0 Å². The molecular formula is C17H23FN2O. The number of carbonyl (C=O) groups is 1. The van der Waals surface area contributed by atoms with Crippen LogP contribution in [-0.4, -0.2) is 23.4 Å². The molecule has 2 fully saturated rings. The summed E-state index contributed by atoms with van der Waals surface area (Å²) in [6, 6.07) is 6.93. The molecule has 1 aromatic carbocycles. The second kappa shape index (κ2) is 5.41. The first-order chi connectivity index (χ1) is 10.0. The number of nitrogens with zero attached hydrogens (tertiary/aromatic N) is 1. The van der Waals surface area contributed by atoms with E-state index < -0.39 is 0 Å². The van der Waals surface area contributed by atoms with Crippen LogP contribution >= 0.6 is 0 Å². The lowest BCUT2D eigenvalue weighted by Gasteiger charge is -2.45. The Balaban J connectivity index is 1.95. The van der Waals surface area contributed by atoms with Crippen molar-refractivity contribution in [2.24, 2.45) is 5.41 Å². The fourth-order valence-corrected chi connectivity index (χ4v) is 3.82. The van der Waals surface area contributed by atoms with Crippen molar-refractivity contribution >= 4 is 5.91 Å². The molecule has 0 radical (unpaired) electrons. The number of hydrogen-bond donors (Lipinski definition) is 1. The normalized spacial score (nSPS) is 28.9. The van der Waals surface area contributed by atoms with Crippen LogP contribution in [0.3, 0.4) is 0 Å². The molecule has 114 valence electrons. The number of carbonyl (C=O) groups excluding carboxylic acids is 1. The topological polar surface area (TPSA) is 32.3 Å². The second-order valence-corrected chi connectivity index (χ2v) is 6.86. The van der Waals surface area contributed by atoms with Crippen molar-refractivity contribution in [3.8, 4) is 0 Å². The molecule has 3 rings (SSSR count). The standard InChI is InChI=1S/C17H23FN2O/c1-17(2)10-6-5-9-14(17)20-15(21)11-19-16(20)12-7-3-4-8-13(12)18/h3-4,7-8,14,16,19H,5-6,9-11H2,1-2H3. The predicted molar refractivity (Wildman–Crippen MR) is 80.0 cm³/mol. The molecule has 1 heterocycles. The molecule has 0 spiro atoms. The lowest BCUT2D eigenvalue weighted by molar-refractivity contribution is -0.134. The molecule has 1 aromatic rings. The van der Waals surface area contributed by atoms with Crippen LogP contribution in [0.25, 0.3) is 0 Å². The van der Waals surface area contributed by atoms with Crippen LogP contribution in [0.5, 0.6) is 0 Å². The highest BCUT2D eigenvalue weighted by atomic mass is 19.1. The number of nitrogens with one attached hydrogen (secondary N) is 1. The number of rotatable bonds is 2. The summed E-state index contributed by atoms with van der Waals surface area (Å²) in [7, 11) is 0. The Morgan fingerprint density at radius 3 is 2.76 bits per heavy atom. The largest absolute Gasteiger partial charge is 0.318 e. The van der Waals surface area contributed by atoms with Gasteiger partial charge in [-0.2, -0.15) is 0 Å². The van der Waals surface area contributed by atoms with E-state index in [1.165, 1.54) is 12.5 Å². The molecular weight excluding hydrogens is 267 g/mol. The maximum Gasteiger partial charge on any atom is 0.238 e. The van der Waals surface area contributed by atoms with E-state index in [0.717, 1.165) is 19.3 Å². The van der Waals surface area contributed by atoms with Crippen LogP contribution in [0, 0.1) is 11.2 Å². The fraction of sp³-hybridized carbons (Fsp3) is 0.588. The molecule has 1 aliphatic heterocycles. The quantitative estimate of drug-likeness (QED) is 0.907. The lowest BCUT2D eigenvalue weighted by Crippen LogP contribution is -2.49. The Bertz CT molecular complexity index is 543. The summed E-state index contributed by atoms with van der Waals surface area (Å²) < 4.78 is 14.1. The summed E-state index contributed by atoms with van der Waals surface area (Å²) in [6.45, 7) is 4.74. The van der Waals surface area contributed by atoms with Gasteiger partial charge in [0, 0.05) is 11.6 Å². The van der Waals surface area contributed by atoms with Gasteiger partial charge in [0.2, 0.25) is 5.91 Å². The molecule has 1 aliphatic carbocycles. The van der Waals surface area contributed by atoms with Gasteiger partial charge in [0.05, 0.1) is 6.54 Å². The first-order valence-electron chi connectivity index (χ1n) is 7.80. The van der Waals surface area contributed by atoms with E-state index in [0.29, 0.717) is 12.1 Å². The van der Waals surface area contributed by atoms with E-state index in [1.54, 1.807) is 12.1 Å². The Kier molecular flexibility index (Phi) is 3.74. The number of halogens is 1. The summed E-state index contributed by atoms with van der Waals surface area (Å²) >= 11 is 0. The van der Waals surface area contributed by atoms with Gasteiger partial charge in [0.1, 0.15) is 12.0 Å². The first kappa shape index (κ1) is 14.5. The van der Waals surface area contributed by atoms with Crippen molar-refractivity contribution in [1.82, 2.24) is 10.2 Å². The third kappa shape index (κ3) is 2.57. The minimum absolute atomic E-state index is 0.0863. The molecule has 2 unspecified atom stereocenters. The van der Waals surface area contributed by atoms with Gasteiger partial charge in [-0.25, -0.2) is 4.39 Å². The Morgan fingerprint density at radius 2 is 2.05 bits per heavy atom. The van der Waals surface area contributed by atoms with Gasteiger partial charge >= 0.3 is 0 Å². The average Bonchev–Trinajstić information content (AvgIpc) is 2.81. The van der Waals surface area contributed by atoms with Crippen molar-refractivity contribution in [1.29, 1.82) is 0 Å². The SMILES string of the molecule is CC1(C)CCCCC1N1C(=O)CNC1c1ccccc1F. The minimum Gasteiger partial charge on any atom is -0.318 e. The van der Waals surface area contributed by atoms with Gasteiger partial charge in [-0.05, 0) is 24.3 Å². The average molecular weight is 290 g/mol. The maximum atomic E-state index is 14.1. The number of amides is 1. The maximum absolute atomic E-state index is 14.1. The molecule has 1 amide bonds. The summed E-state index contributed by atoms with van der Waals surface area (Å²) in [5, 5.41) is 3.19. The van der Waals surface area contributed by atoms with Crippen LogP contribution in [0.4, 0.5) is 4.39 Å². The molecule has 2 aliphatic rings. The monoisotopic (exact) mass is 290 g/mol. The zero-order chi connectivity index (χ0) is 15.0. The van der Waals surface area contributed by atoms with Crippen molar-refractivity contribution in [3.05, 3.63) is 35.6 Å². The Hall–Kier alpha value is -1.42. The molecule has 2 atom stereocenters. The van der Waals surface area contributed by atoms with Crippen molar-refractivity contribution in [2.45, 2.75) is 51.7 Å².